The molecule has 0 spiro atoms. The zero-order valence-corrected chi connectivity index (χ0v) is 20.7. The van der Waals surface area contributed by atoms with Gasteiger partial charge in [0.25, 0.3) is 5.56 Å². The average molecular weight is 530 g/mol. The van der Waals surface area contributed by atoms with Gasteiger partial charge >= 0.3 is 0 Å². The molecule has 5 rings (SSSR count). The Morgan fingerprint density at radius 1 is 1.08 bits per heavy atom. The minimum absolute atomic E-state index is 0.0885. The van der Waals surface area contributed by atoms with Crippen LogP contribution in [0.2, 0.25) is 10.0 Å². The maximum atomic E-state index is 13.6. The van der Waals surface area contributed by atoms with Crippen LogP contribution in [0.25, 0.3) is 10.8 Å². The highest BCUT2D eigenvalue weighted by Gasteiger charge is 2.17. The molecule has 0 bridgehead atoms. The molecule has 0 amide bonds. The molecule has 1 fully saturated rings. The second kappa shape index (κ2) is 10.2. The van der Waals surface area contributed by atoms with E-state index in [0.717, 1.165) is 44.0 Å². The highest BCUT2D eigenvalue weighted by Crippen LogP contribution is 2.36. The zero-order chi connectivity index (χ0) is 25.2. The third kappa shape index (κ3) is 4.88. The summed E-state index contributed by atoms with van der Waals surface area (Å²) in [6, 6.07) is 9.74. The van der Waals surface area contributed by atoms with Gasteiger partial charge in [-0.3, -0.25) is 4.79 Å². The van der Waals surface area contributed by atoms with Crippen LogP contribution in [0.15, 0.2) is 47.4 Å². The molecule has 3 heterocycles. The van der Waals surface area contributed by atoms with E-state index in [4.69, 9.17) is 27.9 Å². The van der Waals surface area contributed by atoms with Gasteiger partial charge in [0.15, 0.2) is 0 Å². The lowest BCUT2D eigenvalue weighted by Crippen LogP contribution is -2.43. The molecule has 4 N–H and O–H groups in total. The van der Waals surface area contributed by atoms with Gasteiger partial charge in [0.2, 0.25) is 0 Å². The number of halogens is 3. The van der Waals surface area contributed by atoms with Crippen molar-refractivity contribution in [3.63, 3.8) is 0 Å². The number of nitrogens with zero attached hydrogens (tertiary/aromatic N) is 3. The third-order valence-corrected chi connectivity index (χ3v) is 6.42. The summed E-state index contributed by atoms with van der Waals surface area (Å²) in [5.41, 5.74) is 1.53. The number of piperazine rings is 1. The summed E-state index contributed by atoms with van der Waals surface area (Å²) in [4.78, 5) is 19.5. The SMILES string of the molecule is COc1cc(N2CCNCC2)ccc1Nc1nc(Nc2c(Cl)cc(F)cc2Cl)cc2cn[nH]c(=O)c12. The van der Waals surface area contributed by atoms with Crippen LogP contribution in [0.5, 0.6) is 5.75 Å². The molecule has 36 heavy (non-hydrogen) atoms. The first-order valence-electron chi connectivity index (χ1n) is 11.1. The van der Waals surface area contributed by atoms with Crippen molar-refractivity contribution in [2.45, 2.75) is 0 Å². The van der Waals surface area contributed by atoms with Gasteiger partial charge in [0.1, 0.15) is 23.2 Å². The van der Waals surface area contributed by atoms with Crippen molar-refractivity contribution < 1.29 is 9.13 Å². The fourth-order valence-electron chi connectivity index (χ4n) is 4.10. The van der Waals surface area contributed by atoms with Gasteiger partial charge in [-0.05, 0) is 30.3 Å². The number of ether oxygens (including phenoxy) is 1. The molecule has 2 aromatic carbocycles. The maximum Gasteiger partial charge on any atom is 0.275 e. The van der Waals surface area contributed by atoms with Gasteiger partial charge in [-0.25, -0.2) is 14.5 Å². The third-order valence-electron chi connectivity index (χ3n) is 5.83. The van der Waals surface area contributed by atoms with E-state index >= 15 is 0 Å². The molecule has 0 unspecified atom stereocenters. The van der Waals surface area contributed by atoms with Crippen LogP contribution in [-0.2, 0) is 0 Å². The number of anilines is 5. The van der Waals surface area contributed by atoms with Crippen LogP contribution in [0.4, 0.5) is 33.1 Å². The monoisotopic (exact) mass is 529 g/mol. The average Bonchev–Trinajstić information content (AvgIpc) is 2.87. The van der Waals surface area contributed by atoms with Crippen LogP contribution in [-0.4, -0.2) is 48.5 Å². The number of nitrogens with one attached hydrogen (secondary N) is 4. The lowest BCUT2D eigenvalue weighted by atomic mass is 10.2. The number of methoxy groups -OCH3 is 1. The Morgan fingerprint density at radius 3 is 2.56 bits per heavy atom. The quantitative estimate of drug-likeness (QED) is 0.285. The summed E-state index contributed by atoms with van der Waals surface area (Å²) >= 11 is 12.4. The molecule has 0 atom stereocenters. The summed E-state index contributed by atoms with van der Waals surface area (Å²) in [6.45, 7) is 3.62. The molecule has 0 aliphatic carbocycles. The standard InChI is InChI=1S/C24H22Cl2FN7O2/c1-36-19-11-15(34-6-4-28-5-7-34)2-3-18(19)30-23-21-13(12-29-33-24(21)35)8-20(32-23)31-22-16(25)9-14(27)10-17(22)26/h2-3,8-12,28H,4-7H2,1H3,(H,33,35)(H2,30,31,32). The van der Waals surface area contributed by atoms with Crippen LogP contribution in [0.1, 0.15) is 0 Å². The zero-order valence-electron chi connectivity index (χ0n) is 19.2. The Labute approximate surface area is 215 Å². The maximum absolute atomic E-state index is 13.6. The van der Waals surface area contributed by atoms with E-state index in [1.807, 2.05) is 18.2 Å². The van der Waals surface area contributed by atoms with Crippen LogP contribution < -0.4 is 31.1 Å². The van der Waals surface area contributed by atoms with E-state index in [-0.39, 0.29) is 21.6 Å². The minimum Gasteiger partial charge on any atom is -0.494 e. The number of rotatable bonds is 6. The van der Waals surface area contributed by atoms with E-state index in [2.05, 4.69) is 36.0 Å². The van der Waals surface area contributed by atoms with Gasteiger partial charge in [0.05, 0.1) is 40.1 Å². The highest BCUT2D eigenvalue weighted by molar-refractivity contribution is 6.39. The number of hydrogen-bond donors (Lipinski definition) is 4. The minimum atomic E-state index is -0.559. The van der Waals surface area contributed by atoms with Gasteiger partial charge in [0, 0.05) is 43.3 Å². The van der Waals surface area contributed by atoms with Crippen molar-refractivity contribution >= 4 is 62.7 Å². The van der Waals surface area contributed by atoms with Crippen molar-refractivity contribution in [2.75, 3.05) is 48.8 Å². The Kier molecular flexibility index (Phi) is 6.82. The number of fused-ring (bicyclic) bond motifs is 1. The summed E-state index contributed by atoms with van der Waals surface area (Å²) in [7, 11) is 1.58. The van der Waals surface area contributed by atoms with Crippen molar-refractivity contribution in [3.05, 3.63) is 68.8 Å². The number of aromatic nitrogens is 3. The fraction of sp³-hybridized carbons (Fsp3) is 0.208. The predicted molar refractivity (Wildman–Crippen MR) is 141 cm³/mol. The lowest BCUT2D eigenvalue weighted by molar-refractivity contribution is 0.416. The Hall–Kier alpha value is -3.60. The van der Waals surface area contributed by atoms with Gasteiger partial charge in [-0.15, -0.1) is 0 Å². The molecule has 12 heteroatoms. The van der Waals surface area contributed by atoms with Crippen molar-refractivity contribution in [1.82, 2.24) is 20.5 Å². The largest absolute Gasteiger partial charge is 0.494 e. The van der Waals surface area contributed by atoms with Gasteiger partial charge in [-0.2, -0.15) is 5.10 Å². The van der Waals surface area contributed by atoms with Crippen LogP contribution in [0, 0.1) is 5.82 Å². The van der Waals surface area contributed by atoms with Crippen LogP contribution >= 0.6 is 23.2 Å². The first-order chi connectivity index (χ1) is 17.4. The van der Waals surface area contributed by atoms with Gasteiger partial charge < -0.3 is 25.6 Å². The second-order valence-corrected chi connectivity index (χ2v) is 8.95. The Bertz CT molecular complexity index is 1470. The van der Waals surface area contributed by atoms with Crippen molar-refractivity contribution in [1.29, 1.82) is 0 Å². The summed E-state index contributed by atoms with van der Waals surface area (Å²) in [6.07, 6.45) is 1.51. The lowest BCUT2D eigenvalue weighted by Gasteiger charge is -2.30. The molecular weight excluding hydrogens is 508 g/mol. The number of pyridine rings is 1. The number of H-pyrrole nitrogens is 1. The molecule has 1 aliphatic heterocycles. The fourth-order valence-corrected chi connectivity index (χ4v) is 4.65. The summed E-state index contributed by atoms with van der Waals surface area (Å²) in [5, 5.41) is 16.9. The van der Waals surface area contributed by atoms with Crippen molar-refractivity contribution in [2.24, 2.45) is 0 Å². The van der Waals surface area contributed by atoms with Crippen LogP contribution in [0.3, 0.4) is 0 Å². The predicted octanol–water partition coefficient (Wildman–Crippen LogP) is 4.67. The Morgan fingerprint density at radius 2 is 1.83 bits per heavy atom. The molecule has 2 aromatic heterocycles. The summed E-state index contributed by atoms with van der Waals surface area (Å²) < 4.78 is 19.3. The molecule has 4 aromatic rings. The number of hydrogen-bond acceptors (Lipinski definition) is 8. The second-order valence-electron chi connectivity index (χ2n) is 8.14. The number of benzene rings is 2. The molecule has 1 aliphatic rings. The van der Waals surface area contributed by atoms with Gasteiger partial charge in [-0.1, -0.05) is 23.2 Å². The molecule has 9 nitrogen and oxygen atoms in total. The normalized spacial score (nSPS) is 13.6. The topological polar surface area (TPSA) is 107 Å². The number of aromatic amines is 1. The molecule has 1 saturated heterocycles. The van der Waals surface area contributed by atoms with E-state index < -0.39 is 11.4 Å². The van der Waals surface area contributed by atoms with E-state index in [0.29, 0.717) is 28.0 Å². The molecule has 0 saturated carbocycles. The van der Waals surface area contributed by atoms with E-state index in [1.54, 1.807) is 13.2 Å². The molecule has 0 radical (unpaired) electrons. The summed E-state index contributed by atoms with van der Waals surface area (Å²) in [5.74, 6) is 0.622. The highest BCUT2D eigenvalue weighted by atomic mass is 35.5. The van der Waals surface area contributed by atoms with Crippen molar-refractivity contribution in [3.8, 4) is 5.75 Å². The van der Waals surface area contributed by atoms with E-state index in [9.17, 15) is 9.18 Å². The molecular formula is C24H22Cl2FN7O2. The van der Waals surface area contributed by atoms with E-state index in [1.165, 1.54) is 6.20 Å². The first-order valence-corrected chi connectivity index (χ1v) is 11.9. The Balaban J connectivity index is 1.55. The molecule has 186 valence electrons. The first kappa shape index (κ1) is 24.1. The smallest absolute Gasteiger partial charge is 0.275 e.